The zero-order valence-corrected chi connectivity index (χ0v) is 17.2. The number of halogens is 1. The molecule has 6 fully saturated rings. The number of esters is 3. The van der Waals surface area contributed by atoms with E-state index in [9.17, 15) is 29.7 Å². The Morgan fingerprint density at radius 2 is 1.65 bits per heavy atom. The Bertz CT molecular complexity index is 962. The van der Waals surface area contributed by atoms with Gasteiger partial charge in [-0.2, -0.15) is 0 Å². The molecular weight excluding hydrogens is 419 g/mol. The molecule has 170 valence electrons. The molecule has 10 nitrogen and oxygen atoms in total. The maximum atomic E-state index is 16.2. The first kappa shape index (κ1) is 19.8. The average Bonchev–Trinajstić information content (AvgIpc) is 3.35. The van der Waals surface area contributed by atoms with Crippen molar-refractivity contribution < 1.29 is 53.0 Å². The van der Waals surface area contributed by atoms with Crippen LogP contribution < -0.4 is 0 Å². The number of aliphatic hydroxyl groups is 3. The van der Waals surface area contributed by atoms with Crippen LogP contribution in [-0.2, 0) is 33.3 Å². The molecule has 0 radical (unpaired) electrons. The predicted molar refractivity (Wildman–Crippen MR) is 92.3 cm³/mol. The van der Waals surface area contributed by atoms with Crippen LogP contribution in [0, 0.1) is 28.1 Å². The molecule has 0 aromatic heterocycles. The van der Waals surface area contributed by atoms with Crippen LogP contribution in [0.5, 0.6) is 0 Å². The Morgan fingerprint density at radius 3 is 2.26 bits per heavy atom. The number of rotatable bonds is 0. The average molecular weight is 442 g/mol. The molecule has 2 spiro atoms. The van der Waals surface area contributed by atoms with Gasteiger partial charge in [0.15, 0.2) is 17.8 Å². The van der Waals surface area contributed by atoms with E-state index >= 15 is 4.39 Å². The van der Waals surface area contributed by atoms with Crippen LogP contribution in [0.15, 0.2) is 0 Å². The molecular formula is C20H23FO10. The largest absolute Gasteiger partial charge is 0.456 e. The number of ether oxygens (including phenoxy) is 4. The third kappa shape index (κ3) is 1.43. The highest BCUT2D eigenvalue weighted by molar-refractivity contribution is 5.94. The van der Waals surface area contributed by atoms with E-state index in [1.165, 1.54) is 6.92 Å². The van der Waals surface area contributed by atoms with E-state index in [0.29, 0.717) is 0 Å². The van der Waals surface area contributed by atoms with Crippen molar-refractivity contribution in [3.63, 3.8) is 0 Å². The lowest BCUT2D eigenvalue weighted by atomic mass is 9.51. The molecule has 8 unspecified atom stereocenters. The summed E-state index contributed by atoms with van der Waals surface area (Å²) in [5.74, 6) is -5.65. The SMILES string of the molecule is C[C@@H]1C(=O)OC2C(O)C34C5OC(=O)C3(OC3OC(=O)[C@@H](O)C34C(C(C)(C)C)[C@@H]5F)[C@]21O. The van der Waals surface area contributed by atoms with E-state index in [2.05, 4.69) is 0 Å². The quantitative estimate of drug-likeness (QED) is 0.301. The van der Waals surface area contributed by atoms with E-state index in [0.717, 1.165) is 0 Å². The predicted octanol–water partition coefficient (Wildman–Crippen LogP) is -1.42. The van der Waals surface area contributed by atoms with Crippen LogP contribution >= 0.6 is 0 Å². The van der Waals surface area contributed by atoms with Gasteiger partial charge in [-0.05, 0) is 12.3 Å². The highest BCUT2D eigenvalue weighted by atomic mass is 19.1. The van der Waals surface area contributed by atoms with Crippen LogP contribution in [0.4, 0.5) is 4.39 Å². The summed E-state index contributed by atoms with van der Waals surface area (Å²) in [4.78, 5) is 38.2. The van der Waals surface area contributed by atoms with Crippen LogP contribution in [0.3, 0.4) is 0 Å². The molecule has 0 bridgehead atoms. The number of aliphatic hydroxyl groups excluding tert-OH is 2. The zero-order chi connectivity index (χ0) is 22.7. The number of fused-ring (bicyclic) bond motifs is 1. The monoisotopic (exact) mass is 442 g/mol. The smallest absolute Gasteiger partial charge is 0.343 e. The van der Waals surface area contributed by atoms with Crippen molar-refractivity contribution in [3.8, 4) is 0 Å². The first-order chi connectivity index (χ1) is 14.3. The Morgan fingerprint density at radius 1 is 1.00 bits per heavy atom. The van der Waals surface area contributed by atoms with E-state index in [4.69, 9.17) is 18.9 Å². The second-order valence-corrected chi connectivity index (χ2v) is 10.7. The van der Waals surface area contributed by atoms with Gasteiger partial charge in [-0.1, -0.05) is 20.8 Å². The van der Waals surface area contributed by atoms with Gasteiger partial charge in [0.25, 0.3) is 0 Å². The minimum absolute atomic E-state index is 0.874. The van der Waals surface area contributed by atoms with Gasteiger partial charge in [0.05, 0.1) is 16.7 Å². The number of carbonyl (C=O) groups is 3. The van der Waals surface area contributed by atoms with Crippen LogP contribution in [0.2, 0.25) is 0 Å². The van der Waals surface area contributed by atoms with Crippen LogP contribution in [0.1, 0.15) is 27.7 Å². The van der Waals surface area contributed by atoms with Gasteiger partial charge >= 0.3 is 17.9 Å². The number of hydrogen-bond donors (Lipinski definition) is 3. The normalized spacial score (nSPS) is 61.0. The van der Waals surface area contributed by atoms with Crippen molar-refractivity contribution in [1.29, 1.82) is 0 Å². The molecule has 2 saturated carbocycles. The second kappa shape index (κ2) is 4.90. The van der Waals surface area contributed by atoms with Crippen LogP contribution in [-0.4, -0.2) is 81.3 Å². The minimum Gasteiger partial charge on any atom is -0.456 e. The summed E-state index contributed by atoms with van der Waals surface area (Å²) in [6.07, 6.45) is -10.7. The van der Waals surface area contributed by atoms with Crippen molar-refractivity contribution in [1.82, 2.24) is 0 Å². The summed E-state index contributed by atoms with van der Waals surface area (Å²) < 4.78 is 38.1. The third-order valence-electron chi connectivity index (χ3n) is 8.91. The fourth-order valence-corrected chi connectivity index (χ4v) is 8.19. The lowest BCUT2D eigenvalue weighted by molar-refractivity contribution is -0.240. The molecule has 12 atom stereocenters. The molecule has 4 saturated heterocycles. The van der Waals surface area contributed by atoms with Gasteiger partial charge in [-0.15, -0.1) is 0 Å². The summed E-state index contributed by atoms with van der Waals surface area (Å²) in [6.45, 7) is 6.36. The van der Waals surface area contributed by atoms with E-state index in [1.54, 1.807) is 20.8 Å². The molecule has 31 heavy (non-hydrogen) atoms. The second-order valence-electron chi connectivity index (χ2n) is 10.7. The summed E-state index contributed by atoms with van der Waals surface area (Å²) >= 11 is 0. The van der Waals surface area contributed by atoms with Gasteiger partial charge < -0.3 is 34.3 Å². The molecule has 4 heterocycles. The van der Waals surface area contributed by atoms with Gasteiger partial charge in [0.1, 0.15) is 18.4 Å². The maximum absolute atomic E-state index is 16.2. The third-order valence-corrected chi connectivity index (χ3v) is 8.91. The molecule has 6 rings (SSSR count). The lowest BCUT2D eigenvalue weighted by Gasteiger charge is -2.47. The highest BCUT2D eigenvalue weighted by Crippen LogP contribution is 2.84. The molecule has 6 aliphatic rings. The van der Waals surface area contributed by atoms with E-state index in [-0.39, 0.29) is 0 Å². The van der Waals surface area contributed by atoms with Crippen molar-refractivity contribution in [2.75, 3.05) is 0 Å². The number of hydrogen-bond acceptors (Lipinski definition) is 10. The van der Waals surface area contributed by atoms with Crippen molar-refractivity contribution >= 4 is 17.9 Å². The Labute approximate surface area is 175 Å². The molecule has 0 amide bonds. The number of alkyl halides is 1. The van der Waals surface area contributed by atoms with E-state index in [1.807, 2.05) is 0 Å². The van der Waals surface area contributed by atoms with Crippen molar-refractivity contribution in [2.24, 2.45) is 28.1 Å². The zero-order valence-electron chi connectivity index (χ0n) is 17.2. The topological polar surface area (TPSA) is 149 Å². The molecule has 3 N–H and O–H groups in total. The Balaban J connectivity index is 1.75. The highest BCUT2D eigenvalue weighted by Gasteiger charge is 3.05. The lowest BCUT2D eigenvalue weighted by Crippen LogP contribution is -2.67. The Hall–Kier alpha value is -1.82. The van der Waals surface area contributed by atoms with Gasteiger partial charge in [0, 0.05) is 5.92 Å². The van der Waals surface area contributed by atoms with Crippen LogP contribution in [0.25, 0.3) is 0 Å². The molecule has 0 aromatic carbocycles. The molecule has 11 heteroatoms. The number of carbonyl (C=O) groups excluding carboxylic acids is 3. The van der Waals surface area contributed by atoms with Gasteiger partial charge in [-0.25, -0.2) is 14.0 Å². The summed E-state index contributed by atoms with van der Waals surface area (Å²) in [6, 6.07) is 0. The summed E-state index contributed by atoms with van der Waals surface area (Å²) in [5.41, 5.74) is -9.91. The molecule has 0 aromatic rings. The van der Waals surface area contributed by atoms with E-state index < -0.39 is 94.1 Å². The standard InChI is InChI=1S/C20H23FO10/c1-5-12(24)28-11-8(22)18-10-6(21)7(16(2,3)4)17(18)9(23)13(25)30-15(17)31-20(18,14(26)29-10)19(5,11)27/h5-11,15,22-23,27H,1-4H3/t5-,6+,7?,8?,9-,10?,11?,15?,17?,18?,19-,20?/m1/s1. The van der Waals surface area contributed by atoms with Crippen molar-refractivity contribution in [2.45, 2.75) is 75.8 Å². The fraction of sp³-hybridized carbons (Fsp3) is 0.850. The fourth-order valence-electron chi connectivity index (χ4n) is 8.19. The summed E-state index contributed by atoms with van der Waals surface area (Å²) in [5, 5.41) is 34.5. The van der Waals surface area contributed by atoms with Crippen molar-refractivity contribution in [3.05, 3.63) is 0 Å². The minimum atomic E-state index is -2.48. The Kier molecular flexibility index (Phi) is 3.14. The van der Waals surface area contributed by atoms with Gasteiger partial charge in [-0.3, -0.25) is 4.79 Å². The summed E-state index contributed by atoms with van der Waals surface area (Å²) in [7, 11) is 0. The first-order valence-electron chi connectivity index (χ1n) is 10.3. The maximum Gasteiger partial charge on any atom is 0.343 e. The molecule has 2 aliphatic carbocycles. The molecule has 4 aliphatic heterocycles. The first-order valence-corrected chi connectivity index (χ1v) is 10.3. The van der Waals surface area contributed by atoms with Gasteiger partial charge in [0.2, 0.25) is 11.9 Å².